The van der Waals surface area contributed by atoms with Crippen molar-refractivity contribution >= 4 is 72.3 Å². The van der Waals surface area contributed by atoms with Gasteiger partial charge in [0.2, 0.25) is 0 Å². The normalized spacial score (nSPS) is 12.0. The minimum atomic E-state index is 1.16. The molecule has 22 heavy (non-hydrogen) atoms. The third kappa shape index (κ3) is 1.43. The second-order valence-electron chi connectivity index (χ2n) is 5.98. The van der Waals surface area contributed by atoms with Crippen molar-refractivity contribution < 1.29 is 0 Å². The lowest BCUT2D eigenvalue weighted by molar-refractivity contribution is 1.76. The van der Waals surface area contributed by atoms with Crippen molar-refractivity contribution in [2.45, 2.75) is 0 Å². The Morgan fingerprint density at radius 3 is 1.77 bits per heavy atom. The second-order valence-corrected chi connectivity index (χ2v) is 6.84. The van der Waals surface area contributed by atoms with E-state index < -0.39 is 0 Å². The molecule has 0 N–H and O–H groups in total. The standard InChI is InChI=1S/C20H12BBr/c21-17-9-7-13-12-4-2-6-16-18(22)10-8-14(20(12)16)11-3-1-5-15(17)19(11)13/h1-10H,21H2. The fourth-order valence-corrected chi connectivity index (χ4v) is 4.28. The van der Waals surface area contributed by atoms with Gasteiger partial charge in [-0.25, -0.2) is 0 Å². The van der Waals surface area contributed by atoms with E-state index in [0.717, 1.165) is 4.47 Å². The fourth-order valence-electron chi connectivity index (χ4n) is 3.82. The van der Waals surface area contributed by atoms with E-state index in [1.165, 1.54) is 48.6 Å². The predicted octanol–water partition coefficient (Wildman–Crippen LogP) is 4.76. The van der Waals surface area contributed by atoms with Gasteiger partial charge in [-0.15, -0.1) is 0 Å². The molecule has 0 atom stereocenters. The molecular formula is C20H12BBr. The van der Waals surface area contributed by atoms with Crippen molar-refractivity contribution in [1.29, 1.82) is 0 Å². The Bertz CT molecular complexity index is 1070. The summed E-state index contributed by atoms with van der Waals surface area (Å²) in [5.41, 5.74) is 1.34. The zero-order chi connectivity index (χ0) is 14.8. The van der Waals surface area contributed by atoms with E-state index in [-0.39, 0.29) is 0 Å². The quantitative estimate of drug-likeness (QED) is 0.216. The lowest BCUT2D eigenvalue weighted by Crippen LogP contribution is -2.03. The molecule has 0 nitrogen and oxygen atoms in total. The molecule has 0 amide bonds. The maximum absolute atomic E-state index is 3.71. The van der Waals surface area contributed by atoms with E-state index in [9.17, 15) is 0 Å². The molecule has 102 valence electrons. The largest absolute Gasteiger partial charge is 0.140 e. The lowest BCUT2D eigenvalue weighted by Gasteiger charge is -2.16. The van der Waals surface area contributed by atoms with Gasteiger partial charge >= 0.3 is 0 Å². The van der Waals surface area contributed by atoms with Gasteiger partial charge in [0.15, 0.2) is 0 Å². The smallest absolute Gasteiger partial charge is 0.0812 e. The minimum absolute atomic E-state index is 1.16. The first kappa shape index (κ1) is 12.5. The highest BCUT2D eigenvalue weighted by molar-refractivity contribution is 9.10. The average molecular weight is 343 g/mol. The summed E-state index contributed by atoms with van der Waals surface area (Å²) in [6, 6.07) is 22.2. The van der Waals surface area contributed by atoms with Crippen LogP contribution in [0.15, 0.2) is 65.1 Å². The van der Waals surface area contributed by atoms with Crippen molar-refractivity contribution in [1.82, 2.24) is 0 Å². The molecule has 0 aromatic heterocycles. The Hall–Kier alpha value is -2.06. The highest BCUT2D eigenvalue weighted by atomic mass is 79.9. The Morgan fingerprint density at radius 1 is 0.545 bits per heavy atom. The van der Waals surface area contributed by atoms with Crippen LogP contribution < -0.4 is 5.46 Å². The molecule has 0 heterocycles. The predicted molar refractivity (Wildman–Crippen MR) is 104 cm³/mol. The van der Waals surface area contributed by atoms with Crippen molar-refractivity contribution in [3.05, 3.63) is 65.1 Å². The van der Waals surface area contributed by atoms with Gasteiger partial charge < -0.3 is 0 Å². The number of rotatable bonds is 0. The van der Waals surface area contributed by atoms with Crippen LogP contribution in [-0.2, 0) is 0 Å². The first-order chi connectivity index (χ1) is 10.8. The molecule has 2 heteroatoms. The summed E-state index contributed by atoms with van der Waals surface area (Å²) in [7, 11) is 2.20. The topological polar surface area (TPSA) is 0 Å². The molecule has 0 aliphatic rings. The molecule has 0 spiro atoms. The zero-order valence-corrected chi connectivity index (χ0v) is 13.7. The maximum atomic E-state index is 3.71. The molecule has 0 bridgehead atoms. The molecule has 5 aromatic carbocycles. The molecular weight excluding hydrogens is 331 g/mol. The lowest BCUT2D eigenvalue weighted by atomic mass is 9.84. The van der Waals surface area contributed by atoms with E-state index in [1.807, 2.05) is 0 Å². The van der Waals surface area contributed by atoms with Crippen LogP contribution in [0.5, 0.6) is 0 Å². The Labute approximate surface area is 137 Å². The van der Waals surface area contributed by atoms with Crippen molar-refractivity contribution in [3.63, 3.8) is 0 Å². The van der Waals surface area contributed by atoms with E-state index in [2.05, 4.69) is 84.4 Å². The van der Waals surface area contributed by atoms with Gasteiger partial charge in [-0.1, -0.05) is 76.0 Å². The molecule has 5 aromatic rings. The van der Waals surface area contributed by atoms with E-state index in [0.29, 0.717) is 0 Å². The minimum Gasteiger partial charge on any atom is -0.0812 e. The summed E-state index contributed by atoms with van der Waals surface area (Å²) in [5.74, 6) is 0. The molecule has 0 radical (unpaired) electrons. The first-order valence-corrected chi connectivity index (χ1v) is 8.29. The van der Waals surface area contributed by atoms with Gasteiger partial charge in [0, 0.05) is 4.47 Å². The molecule has 0 unspecified atom stereocenters. The molecule has 0 aliphatic heterocycles. The van der Waals surface area contributed by atoms with E-state index in [4.69, 9.17) is 0 Å². The van der Waals surface area contributed by atoms with Crippen LogP contribution in [0.3, 0.4) is 0 Å². The molecule has 5 rings (SSSR count). The van der Waals surface area contributed by atoms with Gasteiger partial charge in [-0.2, -0.15) is 0 Å². The molecule has 0 saturated heterocycles. The maximum Gasteiger partial charge on any atom is 0.140 e. The van der Waals surface area contributed by atoms with Gasteiger partial charge in [-0.3, -0.25) is 0 Å². The summed E-state index contributed by atoms with van der Waals surface area (Å²) < 4.78 is 1.16. The first-order valence-electron chi connectivity index (χ1n) is 7.50. The summed E-state index contributed by atoms with van der Waals surface area (Å²) in [5, 5.41) is 10.8. The number of fused-ring (bicyclic) bond motifs is 2. The monoisotopic (exact) mass is 342 g/mol. The van der Waals surface area contributed by atoms with Crippen LogP contribution in [-0.4, -0.2) is 7.85 Å². The summed E-state index contributed by atoms with van der Waals surface area (Å²) in [6.07, 6.45) is 0. The summed E-state index contributed by atoms with van der Waals surface area (Å²) in [6.45, 7) is 0. The van der Waals surface area contributed by atoms with Crippen molar-refractivity contribution in [3.8, 4) is 0 Å². The van der Waals surface area contributed by atoms with Crippen LogP contribution in [0, 0.1) is 0 Å². The second kappa shape index (κ2) is 4.24. The third-order valence-electron chi connectivity index (χ3n) is 4.83. The SMILES string of the molecule is Bc1ccc2c3cccc4c(Br)ccc(c5cccc1c25)c43. The number of hydrogen-bond donors (Lipinski definition) is 0. The Kier molecular flexibility index (Phi) is 2.40. The van der Waals surface area contributed by atoms with Crippen LogP contribution in [0.1, 0.15) is 0 Å². The number of halogens is 1. The van der Waals surface area contributed by atoms with Crippen LogP contribution in [0.4, 0.5) is 0 Å². The highest BCUT2D eigenvalue weighted by Gasteiger charge is 2.14. The van der Waals surface area contributed by atoms with Crippen LogP contribution in [0.25, 0.3) is 43.1 Å². The van der Waals surface area contributed by atoms with Gasteiger partial charge in [-0.05, 0) is 49.2 Å². The van der Waals surface area contributed by atoms with Gasteiger partial charge in [0.1, 0.15) is 7.85 Å². The molecule has 0 fully saturated rings. The zero-order valence-electron chi connectivity index (χ0n) is 12.2. The molecule has 0 aliphatic carbocycles. The van der Waals surface area contributed by atoms with E-state index >= 15 is 0 Å². The van der Waals surface area contributed by atoms with Crippen molar-refractivity contribution in [2.24, 2.45) is 0 Å². The summed E-state index contributed by atoms with van der Waals surface area (Å²) >= 11 is 3.71. The highest BCUT2D eigenvalue weighted by Crippen LogP contribution is 2.41. The fraction of sp³-hybridized carbons (Fsp3) is 0. The number of hydrogen-bond acceptors (Lipinski definition) is 0. The number of benzene rings is 5. The molecule has 0 saturated carbocycles. The Balaban J connectivity index is 2.28. The van der Waals surface area contributed by atoms with Crippen LogP contribution >= 0.6 is 15.9 Å². The Morgan fingerprint density at radius 2 is 1.05 bits per heavy atom. The van der Waals surface area contributed by atoms with E-state index in [1.54, 1.807) is 0 Å². The van der Waals surface area contributed by atoms with Gasteiger partial charge in [0.25, 0.3) is 0 Å². The summed E-state index contributed by atoms with van der Waals surface area (Å²) in [4.78, 5) is 0. The van der Waals surface area contributed by atoms with Crippen molar-refractivity contribution in [2.75, 3.05) is 0 Å². The average Bonchev–Trinajstić information content (AvgIpc) is 2.55. The van der Waals surface area contributed by atoms with Gasteiger partial charge in [0.05, 0.1) is 0 Å². The third-order valence-corrected chi connectivity index (χ3v) is 5.52. The van der Waals surface area contributed by atoms with Crippen LogP contribution in [0.2, 0.25) is 0 Å².